The van der Waals surface area contributed by atoms with Crippen LogP contribution in [0, 0.1) is 22.7 Å². The highest BCUT2D eigenvalue weighted by Crippen LogP contribution is 2.59. The minimum absolute atomic E-state index is 0.157. The Bertz CT molecular complexity index is 802. The van der Waals surface area contributed by atoms with Gasteiger partial charge >= 0.3 is 0 Å². The van der Waals surface area contributed by atoms with Gasteiger partial charge in [0.05, 0.1) is 6.67 Å². The highest BCUT2D eigenvalue weighted by atomic mass is 15.2. The van der Waals surface area contributed by atoms with Gasteiger partial charge in [-0.25, -0.2) is 0 Å². The molecule has 2 heteroatoms. The molecule has 0 aromatic heterocycles. The van der Waals surface area contributed by atoms with Crippen LogP contribution >= 0.6 is 0 Å². The average Bonchev–Trinajstić information content (AvgIpc) is 2.86. The Kier molecular flexibility index (Phi) is 4.98. The molecule has 28 heavy (non-hydrogen) atoms. The van der Waals surface area contributed by atoms with E-state index in [-0.39, 0.29) is 10.8 Å². The van der Waals surface area contributed by atoms with Gasteiger partial charge in [-0.1, -0.05) is 63.6 Å². The van der Waals surface area contributed by atoms with E-state index in [1.54, 1.807) is 16.7 Å². The molecule has 0 fully saturated rings. The lowest BCUT2D eigenvalue weighted by Crippen LogP contribution is -2.35. The van der Waals surface area contributed by atoms with E-state index in [2.05, 4.69) is 82.4 Å². The third-order valence-electron chi connectivity index (χ3n) is 7.59. The van der Waals surface area contributed by atoms with Gasteiger partial charge in [-0.3, -0.25) is 4.90 Å². The zero-order chi connectivity index (χ0) is 20.1. The lowest BCUT2D eigenvalue weighted by atomic mass is 9.66. The normalized spacial score (nSPS) is 33.9. The van der Waals surface area contributed by atoms with E-state index in [0.29, 0.717) is 11.8 Å². The first-order valence-corrected chi connectivity index (χ1v) is 11.2. The van der Waals surface area contributed by atoms with Crippen LogP contribution < -0.4 is 5.32 Å². The predicted molar refractivity (Wildman–Crippen MR) is 120 cm³/mol. The molecule has 0 heterocycles. The van der Waals surface area contributed by atoms with Crippen LogP contribution in [0.3, 0.4) is 0 Å². The SMILES string of the molecule is CC1C=CC2=C(C1)C(C)(C)C1CC(NCN(C)C)=C(C3(C)C=CCCC3)C=C21. The second kappa shape index (κ2) is 7.06. The third kappa shape index (κ3) is 3.24. The van der Waals surface area contributed by atoms with Crippen molar-refractivity contribution in [1.82, 2.24) is 10.2 Å². The van der Waals surface area contributed by atoms with Gasteiger partial charge in [0.2, 0.25) is 0 Å². The minimum Gasteiger partial charge on any atom is -0.375 e. The highest BCUT2D eigenvalue weighted by molar-refractivity contribution is 5.60. The molecule has 0 aliphatic heterocycles. The van der Waals surface area contributed by atoms with E-state index in [0.717, 1.165) is 13.1 Å². The topological polar surface area (TPSA) is 15.3 Å². The van der Waals surface area contributed by atoms with Crippen molar-refractivity contribution in [3.63, 3.8) is 0 Å². The number of allylic oxidation sites excluding steroid dienone is 10. The molecular weight excluding hydrogens is 340 g/mol. The van der Waals surface area contributed by atoms with Crippen molar-refractivity contribution in [3.8, 4) is 0 Å². The fraction of sp³-hybridized carbons (Fsp3) is 0.615. The largest absolute Gasteiger partial charge is 0.375 e. The maximum atomic E-state index is 3.82. The molecule has 0 saturated heterocycles. The van der Waals surface area contributed by atoms with Crippen LogP contribution in [0.25, 0.3) is 0 Å². The molecule has 0 aromatic rings. The third-order valence-corrected chi connectivity index (χ3v) is 7.59. The second-order valence-corrected chi connectivity index (χ2v) is 10.5. The van der Waals surface area contributed by atoms with Gasteiger partial charge in [0.25, 0.3) is 0 Å². The molecule has 2 nitrogen and oxygen atoms in total. The monoisotopic (exact) mass is 378 g/mol. The van der Waals surface area contributed by atoms with Crippen molar-refractivity contribution in [2.75, 3.05) is 20.8 Å². The fourth-order valence-electron chi connectivity index (χ4n) is 5.80. The summed E-state index contributed by atoms with van der Waals surface area (Å²) in [6.45, 7) is 10.7. The molecule has 0 saturated carbocycles. The van der Waals surface area contributed by atoms with Crippen LogP contribution in [0.1, 0.15) is 59.8 Å². The van der Waals surface area contributed by atoms with E-state index in [9.17, 15) is 0 Å². The summed E-state index contributed by atoms with van der Waals surface area (Å²) >= 11 is 0. The quantitative estimate of drug-likeness (QED) is 0.478. The van der Waals surface area contributed by atoms with Crippen molar-refractivity contribution in [3.05, 3.63) is 58.4 Å². The van der Waals surface area contributed by atoms with Crippen LogP contribution in [0.5, 0.6) is 0 Å². The Balaban J connectivity index is 1.80. The Morgan fingerprint density at radius 1 is 1.18 bits per heavy atom. The lowest BCUT2D eigenvalue weighted by Gasteiger charge is -2.40. The molecule has 152 valence electrons. The number of fused-ring (bicyclic) bond motifs is 2. The molecule has 4 rings (SSSR count). The van der Waals surface area contributed by atoms with Gasteiger partial charge in [0.1, 0.15) is 0 Å². The summed E-state index contributed by atoms with van der Waals surface area (Å²) in [4.78, 5) is 2.23. The standard InChI is InChI=1S/C26H38N2/c1-18-10-11-19-20-15-23(26(4)12-8-7-9-13-26)24(27-17-28(5)6)16-22(20)25(2,3)21(19)14-18/h8,10-12,15,18,22,27H,7,9,13-14,16-17H2,1-6H3. The predicted octanol–water partition coefficient (Wildman–Crippen LogP) is 5.97. The number of nitrogens with one attached hydrogen (secondary N) is 1. The van der Waals surface area contributed by atoms with Crippen molar-refractivity contribution >= 4 is 0 Å². The van der Waals surface area contributed by atoms with Gasteiger partial charge in [-0.15, -0.1) is 0 Å². The van der Waals surface area contributed by atoms with Gasteiger partial charge in [-0.05, 0) is 80.2 Å². The smallest absolute Gasteiger partial charge is 0.0670 e. The summed E-state index contributed by atoms with van der Waals surface area (Å²) in [5, 5.41) is 3.82. The second-order valence-electron chi connectivity index (χ2n) is 10.5. The van der Waals surface area contributed by atoms with Crippen molar-refractivity contribution < 1.29 is 0 Å². The summed E-state index contributed by atoms with van der Waals surface area (Å²) in [6, 6.07) is 0. The van der Waals surface area contributed by atoms with Crippen LogP contribution in [-0.2, 0) is 0 Å². The van der Waals surface area contributed by atoms with E-state index in [1.807, 2.05) is 0 Å². The lowest BCUT2D eigenvalue weighted by molar-refractivity contribution is 0.294. The first kappa shape index (κ1) is 19.8. The summed E-state index contributed by atoms with van der Waals surface area (Å²) < 4.78 is 0. The Morgan fingerprint density at radius 3 is 2.64 bits per heavy atom. The van der Waals surface area contributed by atoms with Gasteiger partial charge in [0.15, 0.2) is 0 Å². The summed E-state index contributed by atoms with van der Waals surface area (Å²) in [5.74, 6) is 1.26. The molecule has 4 aliphatic carbocycles. The van der Waals surface area contributed by atoms with Gasteiger partial charge < -0.3 is 5.32 Å². The Labute approximate surface area is 172 Å². The van der Waals surface area contributed by atoms with Crippen LogP contribution in [0.2, 0.25) is 0 Å². The molecule has 4 aliphatic rings. The minimum atomic E-state index is 0.157. The molecule has 3 unspecified atom stereocenters. The Morgan fingerprint density at radius 2 is 1.96 bits per heavy atom. The number of nitrogens with zero attached hydrogens (tertiary/aromatic N) is 1. The average molecular weight is 379 g/mol. The first-order chi connectivity index (χ1) is 13.2. The summed E-state index contributed by atoms with van der Waals surface area (Å²) in [7, 11) is 4.29. The van der Waals surface area contributed by atoms with E-state index >= 15 is 0 Å². The number of hydrogen-bond donors (Lipinski definition) is 1. The molecule has 0 amide bonds. The van der Waals surface area contributed by atoms with Crippen molar-refractivity contribution in [2.24, 2.45) is 22.7 Å². The van der Waals surface area contributed by atoms with Gasteiger partial charge in [0, 0.05) is 11.1 Å². The van der Waals surface area contributed by atoms with Crippen LogP contribution in [0.4, 0.5) is 0 Å². The van der Waals surface area contributed by atoms with Crippen LogP contribution in [-0.4, -0.2) is 25.7 Å². The molecule has 0 spiro atoms. The molecule has 0 bridgehead atoms. The van der Waals surface area contributed by atoms with Crippen molar-refractivity contribution in [2.45, 2.75) is 59.8 Å². The molecule has 0 radical (unpaired) electrons. The Hall–Kier alpha value is -1.54. The van der Waals surface area contributed by atoms with E-state index < -0.39 is 0 Å². The fourth-order valence-corrected chi connectivity index (χ4v) is 5.80. The summed E-state index contributed by atoms with van der Waals surface area (Å²) in [6.07, 6.45) is 18.5. The number of hydrogen-bond acceptors (Lipinski definition) is 2. The molecular formula is C26H38N2. The summed E-state index contributed by atoms with van der Waals surface area (Å²) in [5.41, 5.74) is 8.27. The molecule has 1 N–H and O–H groups in total. The zero-order valence-corrected chi connectivity index (χ0v) is 18.7. The van der Waals surface area contributed by atoms with Gasteiger partial charge in [-0.2, -0.15) is 0 Å². The molecule has 3 atom stereocenters. The van der Waals surface area contributed by atoms with Crippen molar-refractivity contribution in [1.29, 1.82) is 0 Å². The maximum Gasteiger partial charge on any atom is 0.0670 e. The number of rotatable bonds is 4. The first-order valence-electron chi connectivity index (χ1n) is 11.2. The zero-order valence-electron chi connectivity index (χ0n) is 18.7. The molecule has 0 aromatic carbocycles. The maximum absolute atomic E-state index is 3.82. The highest BCUT2D eigenvalue weighted by Gasteiger charge is 2.47. The van der Waals surface area contributed by atoms with E-state index in [1.165, 1.54) is 37.0 Å². The van der Waals surface area contributed by atoms with E-state index in [4.69, 9.17) is 0 Å². The van der Waals surface area contributed by atoms with Crippen LogP contribution in [0.15, 0.2) is 58.4 Å².